The maximum Gasteiger partial charge on any atom is 0.151 e. The molecule has 4 aromatic heterocycles. The summed E-state index contributed by atoms with van der Waals surface area (Å²) in [5.74, 6) is 0. The van der Waals surface area contributed by atoms with Crippen LogP contribution in [0.1, 0.15) is 0 Å². The van der Waals surface area contributed by atoms with Crippen molar-refractivity contribution in [2.45, 2.75) is 12.3 Å². The number of hydrogen-bond acceptors (Lipinski definition) is 8. The fraction of sp³-hybridized carbons (Fsp3) is 0.0588. The topological polar surface area (TPSA) is 64.5 Å². The average molecular weight is 547 g/mol. The Labute approximate surface area is 243 Å². The second-order valence-electron chi connectivity index (χ2n) is 10.1. The van der Waals surface area contributed by atoms with Gasteiger partial charge < -0.3 is 19.6 Å². The largest absolute Gasteiger partial charge is 0.314 e. The summed E-state index contributed by atoms with van der Waals surface area (Å²) in [7, 11) is 0. The molecule has 0 amide bonds. The number of pyridine rings is 4. The first-order valence-electron chi connectivity index (χ1n) is 13.9. The van der Waals surface area contributed by atoms with Crippen molar-refractivity contribution in [2.75, 3.05) is 19.6 Å². The number of para-hydroxylation sites is 4. The van der Waals surface area contributed by atoms with Crippen molar-refractivity contribution in [1.82, 2.24) is 19.9 Å². The SMILES string of the molecule is c1ccc2c(c1)N(c1ccncc1)C(C1N(c3ccncc3)c3ccccc3N1c1ccncc1)N2c1ccncc1. The van der Waals surface area contributed by atoms with Crippen molar-refractivity contribution in [2.24, 2.45) is 0 Å². The molecule has 0 bridgehead atoms. The van der Waals surface area contributed by atoms with Crippen LogP contribution in [0.2, 0.25) is 0 Å². The van der Waals surface area contributed by atoms with E-state index < -0.39 is 0 Å². The second kappa shape index (κ2) is 10.0. The Morgan fingerprint density at radius 1 is 0.310 bits per heavy atom. The first-order valence-corrected chi connectivity index (χ1v) is 13.9. The number of rotatable bonds is 5. The van der Waals surface area contributed by atoms with Crippen LogP contribution in [0.25, 0.3) is 0 Å². The summed E-state index contributed by atoms with van der Waals surface area (Å²) >= 11 is 0. The van der Waals surface area contributed by atoms with Crippen molar-refractivity contribution in [3.63, 3.8) is 0 Å². The smallest absolute Gasteiger partial charge is 0.151 e. The normalized spacial score (nSPS) is 14.8. The Kier molecular flexibility index (Phi) is 5.74. The van der Waals surface area contributed by atoms with Crippen LogP contribution in [-0.2, 0) is 0 Å². The van der Waals surface area contributed by atoms with Gasteiger partial charge in [0.1, 0.15) is 0 Å². The van der Waals surface area contributed by atoms with Crippen LogP contribution < -0.4 is 19.6 Å². The summed E-state index contributed by atoms with van der Waals surface area (Å²) in [6.45, 7) is 0. The minimum atomic E-state index is -0.221. The van der Waals surface area contributed by atoms with Crippen LogP contribution in [0.4, 0.5) is 45.5 Å². The van der Waals surface area contributed by atoms with Gasteiger partial charge in [0, 0.05) is 72.3 Å². The van der Waals surface area contributed by atoms with Crippen molar-refractivity contribution in [3.05, 3.63) is 147 Å². The lowest BCUT2D eigenvalue weighted by molar-refractivity contribution is 0.549. The maximum absolute atomic E-state index is 4.35. The fourth-order valence-corrected chi connectivity index (χ4v) is 6.26. The lowest BCUT2D eigenvalue weighted by Gasteiger charge is -2.44. The highest BCUT2D eigenvalue weighted by Crippen LogP contribution is 2.55. The molecule has 202 valence electrons. The zero-order valence-corrected chi connectivity index (χ0v) is 22.6. The van der Waals surface area contributed by atoms with Crippen molar-refractivity contribution in [3.8, 4) is 0 Å². The van der Waals surface area contributed by atoms with Gasteiger partial charge in [-0.05, 0) is 72.8 Å². The highest BCUT2D eigenvalue weighted by atomic mass is 15.5. The third-order valence-corrected chi connectivity index (χ3v) is 7.89. The van der Waals surface area contributed by atoms with Gasteiger partial charge in [-0.25, -0.2) is 0 Å². The standard InChI is InChI=1S/C34H26N8/c1-2-6-30-29(5-1)39(25-9-17-35-18-10-25)33(40(30)26-11-19-36-20-12-26)34-41(27-13-21-37-22-14-27)31-7-3-4-8-32(31)42(34)28-15-23-38-24-16-28/h1-24,33-34H. The summed E-state index contributed by atoms with van der Waals surface area (Å²) < 4.78 is 0. The van der Waals surface area contributed by atoms with Crippen LogP contribution >= 0.6 is 0 Å². The molecule has 0 unspecified atom stereocenters. The van der Waals surface area contributed by atoms with Gasteiger partial charge in [0.25, 0.3) is 0 Å². The molecule has 0 N–H and O–H groups in total. The molecule has 42 heavy (non-hydrogen) atoms. The highest BCUT2D eigenvalue weighted by molar-refractivity contribution is 5.93. The number of nitrogens with zero attached hydrogens (tertiary/aromatic N) is 8. The molecule has 0 fully saturated rings. The Balaban J connectivity index is 1.44. The van der Waals surface area contributed by atoms with Gasteiger partial charge in [-0.2, -0.15) is 0 Å². The van der Waals surface area contributed by atoms with Gasteiger partial charge >= 0.3 is 0 Å². The van der Waals surface area contributed by atoms with E-state index in [2.05, 4.69) is 137 Å². The summed E-state index contributed by atoms with van der Waals surface area (Å²) in [5, 5.41) is 0. The molecule has 0 saturated heterocycles. The lowest BCUT2D eigenvalue weighted by atomic mass is 10.2. The van der Waals surface area contributed by atoms with Crippen LogP contribution in [0.5, 0.6) is 0 Å². The molecule has 0 aliphatic carbocycles. The third-order valence-electron chi connectivity index (χ3n) is 7.89. The Morgan fingerprint density at radius 2 is 0.524 bits per heavy atom. The zero-order valence-electron chi connectivity index (χ0n) is 22.6. The Morgan fingerprint density at radius 3 is 0.738 bits per heavy atom. The van der Waals surface area contributed by atoms with Crippen LogP contribution in [0, 0.1) is 0 Å². The predicted octanol–water partition coefficient (Wildman–Crippen LogP) is 7.20. The minimum absolute atomic E-state index is 0.221. The van der Waals surface area contributed by atoms with Gasteiger partial charge in [-0.1, -0.05) is 24.3 Å². The third kappa shape index (κ3) is 3.77. The fourth-order valence-electron chi connectivity index (χ4n) is 6.26. The average Bonchev–Trinajstić information content (AvgIpc) is 3.59. The van der Waals surface area contributed by atoms with Gasteiger partial charge in [0.15, 0.2) is 12.3 Å². The molecule has 2 aromatic carbocycles. The van der Waals surface area contributed by atoms with Gasteiger partial charge in [0.2, 0.25) is 0 Å². The molecule has 2 aliphatic heterocycles. The highest BCUT2D eigenvalue weighted by Gasteiger charge is 2.51. The van der Waals surface area contributed by atoms with Gasteiger partial charge in [-0.3, -0.25) is 19.9 Å². The lowest BCUT2D eigenvalue weighted by Crippen LogP contribution is -2.58. The zero-order chi connectivity index (χ0) is 27.9. The van der Waals surface area contributed by atoms with E-state index in [1.54, 1.807) is 0 Å². The van der Waals surface area contributed by atoms with E-state index in [-0.39, 0.29) is 12.3 Å². The number of aromatic nitrogens is 4. The monoisotopic (exact) mass is 546 g/mol. The van der Waals surface area contributed by atoms with Crippen molar-refractivity contribution in [1.29, 1.82) is 0 Å². The van der Waals surface area contributed by atoms with E-state index in [4.69, 9.17) is 0 Å². The summed E-state index contributed by atoms with van der Waals surface area (Å²) in [5.41, 5.74) is 8.69. The van der Waals surface area contributed by atoms with E-state index in [1.165, 1.54) is 0 Å². The quantitative estimate of drug-likeness (QED) is 0.225. The summed E-state index contributed by atoms with van der Waals surface area (Å²) in [6.07, 6.45) is 14.4. The van der Waals surface area contributed by atoms with Crippen LogP contribution in [0.3, 0.4) is 0 Å². The molecular formula is C34H26N8. The molecule has 2 aliphatic rings. The molecular weight excluding hydrogens is 520 g/mol. The van der Waals surface area contributed by atoms with E-state index in [0.29, 0.717) is 0 Å². The molecule has 8 rings (SSSR count). The number of benzene rings is 2. The molecule has 0 saturated carbocycles. The molecule has 0 spiro atoms. The number of anilines is 8. The molecule has 0 radical (unpaired) electrons. The number of fused-ring (bicyclic) bond motifs is 2. The first-order chi connectivity index (χ1) is 20.9. The van der Waals surface area contributed by atoms with Crippen molar-refractivity contribution < 1.29 is 0 Å². The van der Waals surface area contributed by atoms with Crippen LogP contribution in [-0.4, -0.2) is 32.3 Å². The first kappa shape index (κ1) is 24.1. The van der Waals surface area contributed by atoms with Crippen molar-refractivity contribution >= 4 is 45.5 Å². The molecule has 6 aromatic rings. The predicted molar refractivity (Wildman–Crippen MR) is 166 cm³/mol. The van der Waals surface area contributed by atoms with Gasteiger partial charge in [-0.15, -0.1) is 0 Å². The maximum atomic E-state index is 4.35. The van der Waals surface area contributed by atoms with Crippen LogP contribution in [0.15, 0.2) is 147 Å². The molecule has 0 atom stereocenters. The Hall–Kier alpha value is -5.76. The number of hydrogen-bond donors (Lipinski definition) is 0. The van der Waals surface area contributed by atoms with E-state index in [9.17, 15) is 0 Å². The summed E-state index contributed by atoms with van der Waals surface area (Å²) in [6, 6.07) is 33.8. The molecule has 8 heteroatoms. The van der Waals surface area contributed by atoms with Gasteiger partial charge in [0.05, 0.1) is 22.7 Å². The second-order valence-corrected chi connectivity index (χ2v) is 10.1. The van der Waals surface area contributed by atoms with E-state index in [0.717, 1.165) is 45.5 Å². The molecule has 6 heterocycles. The summed E-state index contributed by atoms with van der Waals surface area (Å²) in [4.78, 5) is 27.1. The van der Waals surface area contributed by atoms with E-state index >= 15 is 0 Å². The Bertz CT molecular complexity index is 1550. The molecule has 8 nitrogen and oxygen atoms in total. The minimum Gasteiger partial charge on any atom is -0.314 e. The van der Waals surface area contributed by atoms with E-state index in [1.807, 2.05) is 49.6 Å².